The predicted molar refractivity (Wildman–Crippen MR) is 86.9 cm³/mol. The smallest absolute Gasteiger partial charge is 0.122 e. The fraction of sp³-hybridized carbons (Fsp3) is 0.250. The van der Waals surface area contributed by atoms with Crippen LogP contribution >= 0.6 is 22.6 Å². The van der Waals surface area contributed by atoms with Gasteiger partial charge in [-0.2, -0.15) is 0 Å². The number of halogens is 1. The molecule has 2 aromatic carbocycles. The maximum atomic E-state index is 5.70. The summed E-state index contributed by atoms with van der Waals surface area (Å²) in [6, 6.07) is 16.8. The summed E-state index contributed by atoms with van der Waals surface area (Å²) in [5.41, 5.74) is 2.52. The minimum Gasteiger partial charge on any atom is -0.493 e. The Bertz CT molecular complexity index is 570. The zero-order valence-electron chi connectivity index (χ0n) is 10.6. The third-order valence-electron chi connectivity index (χ3n) is 3.46. The normalized spacial score (nSPS) is 17.4. The molecule has 98 valence electrons. The van der Waals surface area contributed by atoms with Gasteiger partial charge in [0.2, 0.25) is 0 Å². The third kappa shape index (κ3) is 3.03. The van der Waals surface area contributed by atoms with Crippen molar-refractivity contribution < 1.29 is 4.74 Å². The Hall–Kier alpha value is -1.23. The van der Waals surface area contributed by atoms with E-state index in [4.69, 9.17) is 4.74 Å². The number of benzene rings is 2. The van der Waals surface area contributed by atoms with Gasteiger partial charge in [0.05, 0.1) is 6.61 Å². The molecule has 1 N–H and O–H groups in total. The van der Waals surface area contributed by atoms with E-state index in [1.165, 1.54) is 14.8 Å². The lowest BCUT2D eigenvalue weighted by Gasteiger charge is -2.26. The maximum absolute atomic E-state index is 5.70. The van der Waals surface area contributed by atoms with E-state index in [2.05, 4.69) is 70.4 Å². The summed E-state index contributed by atoms with van der Waals surface area (Å²) in [6.45, 7) is 1.77. The van der Waals surface area contributed by atoms with Crippen LogP contribution in [0, 0.1) is 3.57 Å². The van der Waals surface area contributed by atoms with Crippen LogP contribution in [0.15, 0.2) is 48.5 Å². The van der Waals surface area contributed by atoms with Crippen LogP contribution in [0.3, 0.4) is 0 Å². The lowest BCUT2D eigenvalue weighted by atomic mass is 9.93. The maximum Gasteiger partial charge on any atom is 0.122 e. The Labute approximate surface area is 127 Å². The van der Waals surface area contributed by atoms with Crippen LogP contribution < -0.4 is 10.1 Å². The van der Waals surface area contributed by atoms with E-state index < -0.39 is 0 Å². The average molecular weight is 365 g/mol. The Morgan fingerprint density at radius 2 is 2.05 bits per heavy atom. The molecular formula is C16H16INO. The molecule has 1 heterocycles. The number of ether oxygens (including phenoxy) is 1. The van der Waals surface area contributed by atoms with Crippen LogP contribution in [0.2, 0.25) is 0 Å². The Balaban J connectivity index is 1.71. The van der Waals surface area contributed by atoms with Crippen molar-refractivity contribution in [2.45, 2.75) is 12.3 Å². The molecule has 1 atom stereocenters. The zero-order chi connectivity index (χ0) is 13.1. The van der Waals surface area contributed by atoms with E-state index >= 15 is 0 Å². The summed E-state index contributed by atoms with van der Waals surface area (Å²) in [6.07, 6.45) is 1.08. The number of hydrogen-bond donors (Lipinski definition) is 1. The number of fused-ring (bicyclic) bond motifs is 1. The van der Waals surface area contributed by atoms with E-state index in [9.17, 15) is 0 Å². The number of rotatable bonds is 3. The molecule has 0 bridgehead atoms. The molecule has 0 aliphatic carbocycles. The van der Waals surface area contributed by atoms with Crippen molar-refractivity contribution in [3.8, 4) is 5.75 Å². The molecule has 3 rings (SSSR count). The average Bonchev–Trinajstić information content (AvgIpc) is 2.45. The number of anilines is 1. The van der Waals surface area contributed by atoms with Gasteiger partial charge in [0.25, 0.3) is 0 Å². The number of para-hydroxylation sites is 1. The largest absolute Gasteiger partial charge is 0.493 e. The molecule has 0 saturated heterocycles. The predicted octanol–water partition coefficient (Wildman–Crippen LogP) is 4.27. The van der Waals surface area contributed by atoms with Crippen LogP contribution in [0.1, 0.15) is 17.9 Å². The van der Waals surface area contributed by atoms with Crippen molar-refractivity contribution in [1.29, 1.82) is 0 Å². The van der Waals surface area contributed by atoms with Crippen LogP contribution in [-0.2, 0) is 0 Å². The van der Waals surface area contributed by atoms with Gasteiger partial charge in [0.1, 0.15) is 5.75 Å². The molecule has 2 aromatic rings. The lowest BCUT2D eigenvalue weighted by molar-refractivity contribution is 0.270. The summed E-state index contributed by atoms with van der Waals surface area (Å²) in [4.78, 5) is 0. The Kier molecular flexibility index (Phi) is 3.92. The SMILES string of the molecule is Ic1cccc(NCC2CCOc3ccccc32)c1. The summed E-state index contributed by atoms with van der Waals surface area (Å²) in [5.74, 6) is 1.58. The number of hydrogen-bond acceptors (Lipinski definition) is 2. The highest BCUT2D eigenvalue weighted by Crippen LogP contribution is 2.33. The molecule has 0 aromatic heterocycles. The zero-order valence-corrected chi connectivity index (χ0v) is 12.8. The molecule has 2 nitrogen and oxygen atoms in total. The van der Waals surface area contributed by atoms with Gasteiger partial charge in [-0.05, 0) is 58.8 Å². The molecule has 1 aliphatic rings. The Morgan fingerprint density at radius 3 is 2.95 bits per heavy atom. The monoisotopic (exact) mass is 365 g/mol. The second-order valence-corrected chi connectivity index (χ2v) is 6.01. The van der Waals surface area contributed by atoms with Crippen LogP contribution in [-0.4, -0.2) is 13.2 Å². The molecule has 3 heteroatoms. The molecule has 1 unspecified atom stereocenters. The molecule has 0 spiro atoms. The molecule has 1 aliphatic heterocycles. The van der Waals surface area contributed by atoms with Gasteiger partial charge in [-0.3, -0.25) is 0 Å². The summed E-state index contributed by atoms with van der Waals surface area (Å²) < 4.78 is 6.96. The van der Waals surface area contributed by atoms with Gasteiger partial charge < -0.3 is 10.1 Å². The van der Waals surface area contributed by atoms with E-state index in [1.807, 2.05) is 6.07 Å². The highest BCUT2D eigenvalue weighted by atomic mass is 127. The van der Waals surface area contributed by atoms with E-state index in [0.717, 1.165) is 25.3 Å². The van der Waals surface area contributed by atoms with E-state index in [-0.39, 0.29) is 0 Å². The second-order valence-electron chi connectivity index (χ2n) is 4.76. The number of nitrogens with one attached hydrogen (secondary N) is 1. The summed E-state index contributed by atoms with van der Waals surface area (Å²) in [7, 11) is 0. The molecule has 0 radical (unpaired) electrons. The van der Waals surface area contributed by atoms with Crippen molar-refractivity contribution in [2.75, 3.05) is 18.5 Å². The first-order chi connectivity index (χ1) is 9.33. The van der Waals surface area contributed by atoms with E-state index in [1.54, 1.807) is 0 Å². The van der Waals surface area contributed by atoms with Crippen molar-refractivity contribution in [3.63, 3.8) is 0 Å². The van der Waals surface area contributed by atoms with Crippen molar-refractivity contribution in [3.05, 3.63) is 57.7 Å². The third-order valence-corrected chi connectivity index (χ3v) is 4.13. The van der Waals surface area contributed by atoms with E-state index in [0.29, 0.717) is 5.92 Å². The van der Waals surface area contributed by atoms with Gasteiger partial charge in [0, 0.05) is 21.7 Å². The fourth-order valence-electron chi connectivity index (χ4n) is 2.47. The summed E-state index contributed by atoms with van der Waals surface area (Å²) in [5, 5.41) is 3.54. The quantitative estimate of drug-likeness (QED) is 0.821. The Morgan fingerprint density at radius 1 is 1.16 bits per heavy atom. The molecule has 0 amide bonds. The minimum atomic E-state index is 0.530. The van der Waals surface area contributed by atoms with Crippen molar-refractivity contribution in [2.24, 2.45) is 0 Å². The van der Waals surface area contributed by atoms with Gasteiger partial charge in [0.15, 0.2) is 0 Å². The first kappa shape index (κ1) is 12.8. The standard InChI is InChI=1S/C16H16INO/c17-13-4-3-5-14(10-13)18-11-12-8-9-19-16-7-2-1-6-15(12)16/h1-7,10,12,18H,8-9,11H2. The highest BCUT2D eigenvalue weighted by molar-refractivity contribution is 14.1. The van der Waals surface area contributed by atoms with Crippen LogP contribution in [0.5, 0.6) is 5.75 Å². The summed E-state index contributed by atoms with van der Waals surface area (Å²) >= 11 is 2.34. The lowest BCUT2D eigenvalue weighted by Crippen LogP contribution is -2.20. The van der Waals surface area contributed by atoms with Crippen molar-refractivity contribution in [1.82, 2.24) is 0 Å². The van der Waals surface area contributed by atoms with Crippen LogP contribution in [0.4, 0.5) is 5.69 Å². The van der Waals surface area contributed by atoms with Gasteiger partial charge in [-0.25, -0.2) is 0 Å². The second kappa shape index (κ2) is 5.82. The van der Waals surface area contributed by atoms with Crippen LogP contribution in [0.25, 0.3) is 0 Å². The highest BCUT2D eigenvalue weighted by Gasteiger charge is 2.20. The first-order valence-electron chi connectivity index (χ1n) is 6.54. The fourth-order valence-corrected chi connectivity index (χ4v) is 3.01. The minimum absolute atomic E-state index is 0.530. The van der Waals surface area contributed by atoms with Gasteiger partial charge in [-0.15, -0.1) is 0 Å². The molecule has 19 heavy (non-hydrogen) atoms. The van der Waals surface area contributed by atoms with Gasteiger partial charge >= 0.3 is 0 Å². The van der Waals surface area contributed by atoms with Crippen molar-refractivity contribution >= 4 is 28.3 Å². The molecule has 0 fully saturated rings. The first-order valence-corrected chi connectivity index (χ1v) is 7.62. The molecular weight excluding hydrogens is 349 g/mol. The topological polar surface area (TPSA) is 21.3 Å². The van der Waals surface area contributed by atoms with Gasteiger partial charge in [-0.1, -0.05) is 24.3 Å². The molecule has 0 saturated carbocycles.